The van der Waals surface area contributed by atoms with Crippen LogP contribution in [0.25, 0.3) is 0 Å². The summed E-state index contributed by atoms with van der Waals surface area (Å²) in [5, 5.41) is 7.42. The summed E-state index contributed by atoms with van der Waals surface area (Å²) in [4.78, 5) is 27.9. The summed E-state index contributed by atoms with van der Waals surface area (Å²) in [6.07, 6.45) is 0. The molecule has 0 heterocycles. The first-order chi connectivity index (χ1) is 5.20. The molecule has 0 bridgehead atoms. The molecule has 0 aliphatic rings. The van der Waals surface area contributed by atoms with E-state index in [0.29, 0.717) is 0 Å². The van der Waals surface area contributed by atoms with Crippen LogP contribution in [-0.2, 0) is 14.4 Å². The molecule has 0 radical (unpaired) electrons. The predicted octanol–water partition coefficient (Wildman–Crippen LogP) is 1.44. The van der Waals surface area contributed by atoms with Gasteiger partial charge in [0.25, 0.3) is 5.97 Å². The summed E-state index contributed by atoms with van der Waals surface area (Å²) in [5.74, 6) is -0.500. The zero-order chi connectivity index (χ0) is 10.7. The van der Waals surface area contributed by atoms with Gasteiger partial charge in [-0.3, -0.25) is 4.79 Å². The van der Waals surface area contributed by atoms with E-state index in [4.69, 9.17) is 9.90 Å². The largest absolute Gasteiger partial charge is 0.481 e. The number of carbonyl (C=O) groups excluding carboxylic acids is 2. The Kier molecular flexibility index (Phi) is 29.6. The van der Waals surface area contributed by atoms with Crippen LogP contribution >= 0.6 is 0 Å². The lowest BCUT2D eigenvalue weighted by Crippen LogP contribution is -1.78. The Morgan fingerprint density at radius 2 is 0.769 bits per heavy atom. The highest BCUT2D eigenvalue weighted by Crippen LogP contribution is 1.50. The van der Waals surface area contributed by atoms with E-state index in [0.717, 1.165) is 6.92 Å². The van der Waals surface area contributed by atoms with Crippen LogP contribution in [0.2, 0.25) is 0 Å². The van der Waals surface area contributed by atoms with Gasteiger partial charge in [-0.05, 0) is 27.7 Å². The molecule has 0 aliphatic heterocycles. The Balaban J connectivity index is -0.0000000450. The zero-order valence-electron chi connectivity index (χ0n) is 8.88. The smallest absolute Gasteiger partial charge is 0.300 e. The number of hydrogen-bond acceptors (Lipinski definition) is 4. The monoisotopic (exact) mass is 193 g/mol. The number of carboxylic acid groups (broad SMARTS) is 1. The van der Waals surface area contributed by atoms with E-state index in [9.17, 15) is 9.59 Å². The van der Waals surface area contributed by atoms with Crippen LogP contribution in [0.15, 0.2) is 0 Å². The van der Waals surface area contributed by atoms with Crippen LogP contribution in [0.1, 0.15) is 34.6 Å². The molecular formula is C8H19NO4. The molecule has 5 nitrogen and oxygen atoms in total. The van der Waals surface area contributed by atoms with Crippen molar-refractivity contribution < 1.29 is 19.5 Å². The third-order valence-electron chi connectivity index (χ3n) is 0. The second-order valence-electron chi connectivity index (χ2n) is 2.34. The average molecular weight is 193 g/mol. The highest BCUT2D eigenvalue weighted by Gasteiger charge is 1.65. The lowest BCUT2D eigenvalue weighted by Gasteiger charge is -1.59. The molecule has 0 saturated carbocycles. The Morgan fingerprint density at radius 3 is 0.769 bits per heavy atom. The van der Waals surface area contributed by atoms with Crippen LogP contribution in [-0.4, -0.2) is 22.6 Å². The van der Waals surface area contributed by atoms with Crippen LogP contribution in [0.4, 0.5) is 0 Å². The van der Waals surface area contributed by atoms with Gasteiger partial charge in [0.2, 0.25) is 0 Å². The predicted molar refractivity (Wildman–Crippen MR) is 51.0 cm³/mol. The number of carboxylic acids is 1. The quantitative estimate of drug-likeness (QED) is 0.605. The molecule has 0 unspecified atom stereocenters. The molecule has 0 aromatic carbocycles. The van der Waals surface area contributed by atoms with Crippen LogP contribution in [0.5, 0.6) is 0 Å². The van der Waals surface area contributed by atoms with E-state index in [-0.39, 0.29) is 17.7 Å². The van der Waals surface area contributed by atoms with E-state index < -0.39 is 5.97 Å². The van der Waals surface area contributed by atoms with Crippen LogP contribution in [0, 0.1) is 0 Å². The Labute approximate surface area is 78.7 Å². The summed E-state index contributed by atoms with van der Waals surface area (Å²) in [6.45, 7) is 7.19. The first-order valence-corrected chi connectivity index (χ1v) is 3.34. The number of aliphatic carboxylic acids is 1. The van der Waals surface area contributed by atoms with Crippen molar-refractivity contribution in [1.29, 1.82) is 0 Å². The number of ketones is 2. The summed E-state index contributed by atoms with van der Waals surface area (Å²) in [7, 11) is 0. The molecule has 0 atom stereocenters. The minimum atomic E-state index is -0.833. The standard InChI is InChI=1S/2C3H6O.C2H4O2.H3N/c2*1-3(2)4;1-2(3)4;/h2*1-2H3;1H3,(H,3,4);1H3. The van der Waals surface area contributed by atoms with Gasteiger partial charge in [-0.15, -0.1) is 0 Å². The molecule has 0 spiro atoms. The molecule has 0 fully saturated rings. The minimum absolute atomic E-state index is 0. The van der Waals surface area contributed by atoms with E-state index in [1.807, 2.05) is 0 Å². The molecule has 0 aromatic rings. The van der Waals surface area contributed by atoms with Crippen molar-refractivity contribution in [2.24, 2.45) is 0 Å². The zero-order valence-corrected chi connectivity index (χ0v) is 8.88. The summed E-state index contributed by atoms with van der Waals surface area (Å²) in [6, 6.07) is 0. The third kappa shape index (κ3) is 548. The van der Waals surface area contributed by atoms with Gasteiger partial charge in [0, 0.05) is 6.92 Å². The molecule has 80 valence electrons. The fourth-order valence-electron chi connectivity index (χ4n) is 0. The maximum Gasteiger partial charge on any atom is 0.300 e. The Morgan fingerprint density at radius 1 is 0.769 bits per heavy atom. The summed E-state index contributed by atoms with van der Waals surface area (Å²) < 4.78 is 0. The average Bonchev–Trinajstić information content (AvgIpc) is 1.54. The molecule has 13 heavy (non-hydrogen) atoms. The van der Waals surface area contributed by atoms with Gasteiger partial charge in [0.15, 0.2) is 0 Å². The number of rotatable bonds is 0. The molecule has 0 saturated heterocycles. The molecule has 0 aliphatic carbocycles. The van der Waals surface area contributed by atoms with E-state index in [1.54, 1.807) is 0 Å². The maximum atomic E-state index is 9.44. The summed E-state index contributed by atoms with van der Waals surface area (Å²) in [5.41, 5.74) is 0. The van der Waals surface area contributed by atoms with Crippen molar-refractivity contribution in [2.45, 2.75) is 34.6 Å². The van der Waals surface area contributed by atoms with Crippen LogP contribution < -0.4 is 6.15 Å². The highest BCUT2D eigenvalue weighted by molar-refractivity contribution is 5.72. The summed E-state index contributed by atoms with van der Waals surface area (Å²) >= 11 is 0. The second kappa shape index (κ2) is 17.0. The third-order valence-corrected chi connectivity index (χ3v) is 0. The second-order valence-corrected chi connectivity index (χ2v) is 2.34. The fraction of sp³-hybridized carbons (Fsp3) is 0.625. The lowest BCUT2D eigenvalue weighted by atomic mass is 10.6. The molecule has 0 aromatic heterocycles. The molecular weight excluding hydrogens is 174 g/mol. The van der Waals surface area contributed by atoms with Gasteiger partial charge in [0.1, 0.15) is 11.6 Å². The maximum absolute atomic E-state index is 9.44. The Hall–Kier alpha value is -1.23. The van der Waals surface area contributed by atoms with Gasteiger partial charge < -0.3 is 20.8 Å². The van der Waals surface area contributed by atoms with Crippen molar-refractivity contribution in [1.82, 2.24) is 6.15 Å². The minimum Gasteiger partial charge on any atom is -0.481 e. The highest BCUT2D eigenvalue weighted by atomic mass is 16.4. The number of hydrogen-bond donors (Lipinski definition) is 2. The first-order valence-electron chi connectivity index (χ1n) is 3.34. The number of Topliss-reactive ketones (excluding diaryl/α,β-unsaturated/α-hetero) is 2. The molecule has 0 rings (SSSR count). The van der Waals surface area contributed by atoms with Gasteiger partial charge in [-0.2, -0.15) is 0 Å². The van der Waals surface area contributed by atoms with Gasteiger partial charge >= 0.3 is 0 Å². The SMILES string of the molecule is CC(=O)O.CC(C)=O.CC(C)=O.N. The molecule has 5 heteroatoms. The molecule has 0 amide bonds. The van der Waals surface area contributed by atoms with Crippen molar-refractivity contribution in [3.05, 3.63) is 0 Å². The van der Waals surface area contributed by atoms with E-state index in [1.165, 1.54) is 27.7 Å². The van der Waals surface area contributed by atoms with Gasteiger partial charge in [-0.1, -0.05) is 0 Å². The van der Waals surface area contributed by atoms with Crippen molar-refractivity contribution in [2.75, 3.05) is 0 Å². The van der Waals surface area contributed by atoms with Crippen molar-refractivity contribution in [3.63, 3.8) is 0 Å². The number of carbonyl (C=O) groups is 3. The van der Waals surface area contributed by atoms with Crippen molar-refractivity contribution in [3.8, 4) is 0 Å². The Bertz CT molecular complexity index is 114. The van der Waals surface area contributed by atoms with Crippen molar-refractivity contribution >= 4 is 17.5 Å². The van der Waals surface area contributed by atoms with E-state index in [2.05, 4.69) is 0 Å². The molecule has 4 N–H and O–H groups in total. The topological polar surface area (TPSA) is 106 Å². The van der Waals surface area contributed by atoms with Gasteiger partial charge in [-0.25, -0.2) is 0 Å². The normalized spacial score (nSPS) is 5.92. The van der Waals surface area contributed by atoms with E-state index >= 15 is 0 Å². The van der Waals surface area contributed by atoms with Crippen LogP contribution in [0.3, 0.4) is 0 Å². The lowest BCUT2D eigenvalue weighted by molar-refractivity contribution is -0.134. The van der Waals surface area contributed by atoms with Gasteiger partial charge in [0.05, 0.1) is 0 Å². The fourth-order valence-corrected chi connectivity index (χ4v) is 0. The first kappa shape index (κ1) is 22.6.